The van der Waals surface area contributed by atoms with Gasteiger partial charge in [-0.2, -0.15) is 0 Å². The number of amides is 2. The molecule has 5 heteroatoms. The van der Waals surface area contributed by atoms with Gasteiger partial charge in [-0.3, -0.25) is 0 Å². The largest absolute Gasteiger partial charge is 0.351 e. The molecule has 2 rings (SSSR count). The third-order valence-electron chi connectivity index (χ3n) is 4.76. The van der Waals surface area contributed by atoms with Gasteiger partial charge in [0.2, 0.25) is 0 Å². The fraction of sp³-hybridized carbons (Fsp3) is 0.923. The maximum Gasteiger partial charge on any atom is 0.314 e. The zero-order valence-corrected chi connectivity index (χ0v) is 11.6. The number of rotatable bonds is 4. The second-order valence-corrected chi connectivity index (χ2v) is 5.95. The molecule has 0 radical (unpaired) electrons. The van der Waals surface area contributed by atoms with Gasteiger partial charge in [-0.25, -0.2) is 4.79 Å². The molecule has 0 spiro atoms. The van der Waals surface area contributed by atoms with Crippen LogP contribution in [0, 0.1) is 0 Å². The molecule has 1 saturated carbocycles. The summed E-state index contributed by atoms with van der Waals surface area (Å²) in [4.78, 5) is 15.1. The summed E-state index contributed by atoms with van der Waals surface area (Å²) >= 11 is 0. The standard InChI is InChI=1S/C13H26N4O/c1-16(2)13(6-3-7-13)10-15-11-4-8-17(9-5-11)12(14)18/h11,15H,3-10H2,1-2H3,(H2,14,18). The quantitative estimate of drug-likeness (QED) is 0.772. The minimum atomic E-state index is -0.280. The van der Waals surface area contributed by atoms with Crippen molar-refractivity contribution < 1.29 is 4.79 Å². The molecule has 2 fully saturated rings. The maximum absolute atomic E-state index is 11.0. The highest BCUT2D eigenvalue weighted by molar-refractivity contribution is 5.72. The molecule has 0 aromatic rings. The summed E-state index contributed by atoms with van der Waals surface area (Å²) in [6.45, 7) is 2.66. The van der Waals surface area contributed by atoms with E-state index in [1.54, 1.807) is 4.90 Å². The van der Waals surface area contributed by atoms with Crippen molar-refractivity contribution in [3.05, 3.63) is 0 Å². The van der Waals surface area contributed by atoms with Crippen LogP contribution in [0.5, 0.6) is 0 Å². The molecule has 0 aromatic carbocycles. The van der Waals surface area contributed by atoms with E-state index in [0.717, 1.165) is 32.5 Å². The Labute approximate surface area is 110 Å². The van der Waals surface area contributed by atoms with Gasteiger partial charge in [0.1, 0.15) is 0 Å². The zero-order valence-electron chi connectivity index (χ0n) is 11.6. The van der Waals surface area contributed by atoms with E-state index < -0.39 is 0 Å². The van der Waals surface area contributed by atoms with Crippen LogP contribution in [-0.2, 0) is 0 Å². The summed E-state index contributed by atoms with van der Waals surface area (Å²) in [6, 6.07) is 0.259. The van der Waals surface area contributed by atoms with Crippen LogP contribution in [0.25, 0.3) is 0 Å². The number of nitrogens with one attached hydrogen (secondary N) is 1. The van der Waals surface area contributed by atoms with Gasteiger partial charge < -0.3 is 20.9 Å². The average Bonchev–Trinajstić information content (AvgIpc) is 2.27. The van der Waals surface area contributed by atoms with E-state index in [2.05, 4.69) is 24.3 Å². The van der Waals surface area contributed by atoms with Crippen LogP contribution >= 0.6 is 0 Å². The molecular weight excluding hydrogens is 228 g/mol. The molecule has 0 bridgehead atoms. The number of nitrogens with zero attached hydrogens (tertiary/aromatic N) is 2. The molecule has 18 heavy (non-hydrogen) atoms. The summed E-state index contributed by atoms with van der Waals surface area (Å²) in [5, 5.41) is 3.68. The van der Waals surface area contributed by atoms with Crippen LogP contribution in [0.15, 0.2) is 0 Å². The third-order valence-corrected chi connectivity index (χ3v) is 4.76. The molecule has 1 heterocycles. The molecule has 2 amide bonds. The van der Waals surface area contributed by atoms with Gasteiger partial charge in [0.05, 0.1) is 0 Å². The van der Waals surface area contributed by atoms with Crippen molar-refractivity contribution in [3.8, 4) is 0 Å². The Balaban J connectivity index is 1.74. The molecule has 2 aliphatic rings. The van der Waals surface area contributed by atoms with Crippen molar-refractivity contribution in [1.29, 1.82) is 0 Å². The van der Waals surface area contributed by atoms with E-state index in [1.807, 2.05) is 0 Å². The van der Waals surface area contributed by atoms with E-state index in [-0.39, 0.29) is 6.03 Å². The van der Waals surface area contributed by atoms with Crippen molar-refractivity contribution in [3.63, 3.8) is 0 Å². The van der Waals surface area contributed by atoms with E-state index in [0.29, 0.717) is 11.6 Å². The zero-order chi connectivity index (χ0) is 13.2. The SMILES string of the molecule is CN(C)C1(CNC2CCN(C(N)=O)CC2)CCC1. The summed E-state index contributed by atoms with van der Waals surface area (Å²) in [5.74, 6) is 0. The van der Waals surface area contributed by atoms with E-state index in [1.165, 1.54) is 19.3 Å². The number of hydrogen-bond donors (Lipinski definition) is 2. The normalized spacial score (nSPS) is 24.1. The third kappa shape index (κ3) is 2.78. The van der Waals surface area contributed by atoms with Gasteiger partial charge in [0, 0.05) is 31.2 Å². The van der Waals surface area contributed by atoms with Gasteiger partial charge in [-0.1, -0.05) is 0 Å². The van der Waals surface area contributed by atoms with Crippen LogP contribution < -0.4 is 11.1 Å². The fourth-order valence-electron chi connectivity index (χ4n) is 3.01. The summed E-state index contributed by atoms with van der Waals surface area (Å²) in [6.07, 6.45) is 5.99. The molecule has 1 saturated heterocycles. The average molecular weight is 254 g/mol. The van der Waals surface area contributed by atoms with Gasteiger partial charge in [-0.05, 0) is 46.2 Å². The Bertz CT molecular complexity index is 293. The number of piperidine rings is 1. The van der Waals surface area contributed by atoms with Crippen molar-refractivity contribution in [1.82, 2.24) is 15.1 Å². The Morgan fingerprint density at radius 2 is 2.00 bits per heavy atom. The van der Waals surface area contributed by atoms with Crippen molar-refractivity contribution in [2.45, 2.75) is 43.7 Å². The monoisotopic (exact) mass is 254 g/mol. The molecule has 1 aliphatic carbocycles. The molecule has 104 valence electrons. The van der Waals surface area contributed by atoms with Gasteiger partial charge in [0.25, 0.3) is 0 Å². The van der Waals surface area contributed by atoms with E-state index >= 15 is 0 Å². The first kappa shape index (κ1) is 13.6. The number of urea groups is 1. The van der Waals surface area contributed by atoms with Crippen molar-refractivity contribution >= 4 is 6.03 Å². The summed E-state index contributed by atoms with van der Waals surface area (Å²) in [7, 11) is 4.35. The van der Waals surface area contributed by atoms with E-state index in [9.17, 15) is 4.79 Å². The van der Waals surface area contributed by atoms with Crippen molar-refractivity contribution in [2.75, 3.05) is 33.7 Å². The number of carbonyl (C=O) groups is 1. The Hall–Kier alpha value is -0.810. The van der Waals surface area contributed by atoms with Crippen LogP contribution in [0.1, 0.15) is 32.1 Å². The van der Waals surface area contributed by atoms with Crippen LogP contribution in [-0.4, -0.2) is 61.1 Å². The number of carbonyl (C=O) groups excluding carboxylic acids is 1. The topological polar surface area (TPSA) is 61.6 Å². The Kier molecular flexibility index (Phi) is 4.12. The molecule has 0 atom stereocenters. The lowest BCUT2D eigenvalue weighted by Crippen LogP contribution is -2.58. The first-order valence-electron chi connectivity index (χ1n) is 6.99. The van der Waals surface area contributed by atoms with Crippen molar-refractivity contribution in [2.24, 2.45) is 5.73 Å². The Morgan fingerprint density at radius 1 is 1.39 bits per heavy atom. The first-order chi connectivity index (χ1) is 8.53. The minimum Gasteiger partial charge on any atom is -0.351 e. The smallest absolute Gasteiger partial charge is 0.314 e. The second kappa shape index (κ2) is 5.45. The van der Waals surface area contributed by atoms with Crippen LogP contribution in [0.2, 0.25) is 0 Å². The highest BCUT2D eigenvalue weighted by Gasteiger charge is 2.39. The lowest BCUT2D eigenvalue weighted by molar-refractivity contribution is 0.0544. The second-order valence-electron chi connectivity index (χ2n) is 5.95. The molecule has 5 nitrogen and oxygen atoms in total. The number of primary amides is 1. The Morgan fingerprint density at radius 3 is 2.39 bits per heavy atom. The fourth-order valence-corrected chi connectivity index (χ4v) is 3.01. The van der Waals surface area contributed by atoms with Crippen LogP contribution in [0.3, 0.4) is 0 Å². The highest BCUT2D eigenvalue weighted by Crippen LogP contribution is 2.35. The summed E-state index contributed by atoms with van der Waals surface area (Å²) in [5.41, 5.74) is 5.66. The molecular formula is C13H26N4O. The summed E-state index contributed by atoms with van der Waals surface area (Å²) < 4.78 is 0. The maximum atomic E-state index is 11.0. The number of hydrogen-bond acceptors (Lipinski definition) is 3. The van der Waals surface area contributed by atoms with Gasteiger partial charge in [-0.15, -0.1) is 0 Å². The number of likely N-dealkylation sites (N-methyl/N-ethyl adjacent to an activating group) is 1. The molecule has 0 aromatic heterocycles. The number of nitrogens with two attached hydrogens (primary N) is 1. The van der Waals surface area contributed by atoms with Gasteiger partial charge >= 0.3 is 6.03 Å². The van der Waals surface area contributed by atoms with Crippen LogP contribution in [0.4, 0.5) is 4.79 Å². The van der Waals surface area contributed by atoms with E-state index in [4.69, 9.17) is 5.73 Å². The molecule has 3 N–H and O–H groups in total. The predicted octanol–water partition coefficient (Wildman–Crippen LogP) is 0.603. The van der Waals surface area contributed by atoms with Gasteiger partial charge in [0.15, 0.2) is 0 Å². The first-order valence-corrected chi connectivity index (χ1v) is 6.99. The predicted molar refractivity (Wildman–Crippen MR) is 72.5 cm³/mol. The lowest BCUT2D eigenvalue weighted by atomic mass is 9.75. The molecule has 0 unspecified atom stereocenters. The number of likely N-dealkylation sites (tertiary alicyclic amines) is 1. The lowest BCUT2D eigenvalue weighted by Gasteiger charge is -2.48. The highest BCUT2D eigenvalue weighted by atomic mass is 16.2. The molecule has 1 aliphatic heterocycles. The minimum absolute atomic E-state index is 0.280.